The van der Waals surface area contributed by atoms with E-state index in [2.05, 4.69) is 5.32 Å². The molecule has 0 bridgehead atoms. The Morgan fingerprint density at radius 1 is 1.45 bits per heavy atom. The summed E-state index contributed by atoms with van der Waals surface area (Å²) in [6, 6.07) is 7.65. The number of carboxylic acids is 1. The number of ether oxygens (including phenoxy) is 1. The summed E-state index contributed by atoms with van der Waals surface area (Å²) in [5, 5.41) is 12.6. The summed E-state index contributed by atoms with van der Waals surface area (Å²) in [5.74, 6) is -0.139. The van der Waals surface area contributed by atoms with Crippen molar-refractivity contribution in [3.05, 3.63) is 24.3 Å². The summed E-state index contributed by atoms with van der Waals surface area (Å²) in [4.78, 5) is 13.4. The molecule has 1 aromatic carbocycles. The number of rotatable bonds is 7. The zero-order chi connectivity index (χ0) is 15.3. The quantitative estimate of drug-likeness (QED) is 0.799. The van der Waals surface area contributed by atoms with Gasteiger partial charge in [-0.15, -0.1) is 0 Å². The van der Waals surface area contributed by atoms with E-state index in [4.69, 9.17) is 4.74 Å². The highest BCUT2D eigenvalue weighted by Crippen LogP contribution is 2.27. The van der Waals surface area contributed by atoms with Crippen LogP contribution in [0.2, 0.25) is 0 Å². The average Bonchev–Trinajstić information content (AvgIpc) is 2.37. The molecular weight excluding hydrogens is 256 g/mol. The highest BCUT2D eigenvalue weighted by molar-refractivity contribution is 5.79. The molecule has 0 aliphatic heterocycles. The standard InChI is InChI=1S/C15H24N2O3/c1-11(2)16-15(3,14(18)19)10-17(4)12-8-6-7-9-13(12)20-5/h6-9,11,16H,10H2,1-5H3,(H,18,19). The van der Waals surface area contributed by atoms with Crippen molar-refractivity contribution in [2.45, 2.75) is 32.4 Å². The van der Waals surface area contributed by atoms with Gasteiger partial charge >= 0.3 is 5.97 Å². The second-order valence-corrected chi connectivity index (χ2v) is 5.46. The van der Waals surface area contributed by atoms with Gasteiger partial charge in [-0.2, -0.15) is 0 Å². The molecule has 5 heteroatoms. The Morgan fingerprint density at radius 2 is 2.05 bits per heavy atom. The van der Waals surface area contributed by atoms with Crippen LogP contribution in [0, 0.1) is 0 Å². The number of nitrogens with zero attached hydrogens (tertiary/aromatic N) is 1. The number of benzene rings is 1. The number of likely N-dealkylation sites (N-methyl/N-ethyl adjacent to an activating group) is 1. The van der Waals surface area contributed by atoms with Crippen molar-refractivity contribution in [1.82, 2.24) is 5.32 Å². The van der Waals surface area contributed by atoms with Gasteiger partial charge in [-0.1, -0.05) is 12.1 Å². The Balaban J connectivity index is 2.96. The van der Waals surface area contributed by atoms with Gasteiger partial charge < -0.3 is 14.7 Å². The fraction of sp³-hybridized carbons (Fsp3) is 0.533. The summed E-state index contributed by atoms with van der Waals surface area (Å²) in [7, 11) is 3.47. The minimum absolute atomic E-state index is 0.0853. The van der Waals surface area contributed by atoms with Crippen molar-refractivity contribution in [3.8, 4) is 5.75 Å². The third-order valence-electron chi connectivity index (χ3n) is 3.13. The zero-order valence-electron chi connectivity index (χ0n) is 12.8. The van der Waals surface area contributed by atoms with Gasteiger partial charge in [-0.25, -0.2) is 0 Å². The lowest BCUT2D eigenvalue weighted by atomic mass is 10.0. The third-order valence-corrected chi connectivity index (χ3v) is 3.13. The normalized spacial score (nSPS) is 13.9. The van der Waals surface area contributed by atoms with Gasteiger partial charge in [0.25, 0.3) is 0 Å². The van der Waals surface area contributed by atoms with Crippen LogP contribution in [0.5, 0.6) is 5.75 Å². The van der Waals surface area contributed by atoms with E-state index in [-0.39, 0.29) is 6.04 Å². The van der Waals surface area contributed by atoms with Gasteiger partial charge in [0.05, 0.1) is 12.8 Å². The lowest BCUT2D eigenvalue weighted by Crippen LogP contribution is -2.58. The maximum absolute atomic E-state index is 11.6. The second kappa shape index (κ2) is 6.61. The lowest BCUT2D eigenvalue weighted by molar-refractivity contribution is -0.144. The Kier molecular flexibility index (Phi) is 5.39. The summed E-state index contributed by atoms with van der Waals surface area (Å²) >= 11 is 0. The first-order valence-electron chi connectivity index (χ1n) is 6.65. The molecule has 5 nitrogen and oxygen atoms in total. The van der Waals surface area contributed by atoms with Crippen LogP contribution < -0.4 is 15.0 Å². The van der Waals surface area contributed by atoms with Crippen molar-refractivity contribution in [1.29, 1.82) is 0 Å². The zero-order valence-corrected chi connectivity index (χ0v) is 12.8. The molecule has 1 rings (SSSR count). The number of methoxy groups -OCH3 is 1. The fourth-order valence-corrected chi connectivity index (χ4v) is 2.32. The number of hydrogen-bond acceptors (Lipinski definition) is 4. The lowest BCUT2D eigenvalue weighted by Gasteiger charge is -2.34. The van der Waals surface area contributed by atoms with Crippen LogP contribution in [0.3, 0.4) is 0 Å². The molecule has 1 unspecified atom stereocenters. The van der Waals surface area contributed by atoms with Gasteiger partial charge in [-0.3, -0.25) is 10.1 Å². The van der Waals surface area contributed by atoms with E-state index < -0.39 is 11.5 Å². The molecule has 0 fully saturated rings. The average molecular weight is 280 g/mol. The summed E-state index contributed by atoms with van der Waals surface area (Å²) in [5.41, 5.74) is -0.155. The molecule has 0 saturated carbocycles. The molecule has 0 radical (unpaired) electrons. The van der Waals surface area contributed by atoms with Crippen LogP contribution in [-0.2, 0) is 4.79 Å². The fourth-order valence-electron chi connectivity index (χ4n) is 2.32. The Morgan fingerprint density at radius 3 is 2.55 bits per heavy atom. The molecule has 20 heavy (non-hydrogen) atoms. The number of nitrogens with one attached hydrogen (secondary N) is 1. The van der Waals surface area contributed by atoms with Gasteiger partial charge in [0.2, 0.25) is 0 Å². The van der Waals surface area contributed by atoms with Crippen molar-refractivity contribution in [3.63, 3.8) is 0 Å². The SMILES string of the molecule is COc1ccccc1N(C)CC(C)(NC(C)C)C(=O)O. The molecule has 0 heterocycles. The molecule has 1 atom stereocenters. The highest BCUT2D eigenvalue weighted by Gasteiger charge is 2.35. The number of carboxylic acid groups (broad SMARTS) is 1. The van der Waals surface area contributed by atoms with Crippen LogP contribution in [0.4, 0.5) is 5.69 Å². The highest BCUT2D eigenvalue weighted by atomic mass is 16.5. The smallest absolute Gasteiger partial charge is 0.325 e. The van der Waals surface area contributed by atoms with Gasteiger partial charge in [-0.05, 0) is 32.9 Å². The molecule has 112 valence electrons. The number of aliphatic carboxylic acids is 1. The molecule has 0 saturated heterocycles. The minimum atomic E-state index is -1.02. The molecule has 0 aliphatic carbocycles. The molecule has 0 aromatic heterocycles. The number of hydrogen-bond donors (Lipinski definition) is 2. The van der Waals surface area contributed by atoms with Crippen molar-refractivity contribution in [2.75, 3.05) is 25.6 Å². The molecule has 0 amide bonds. The van der Waals surface area contributed by atoms with Crippen LogP contribution in [0.1, 0.15) is 20.8 Å². The van der Waals surface area contributed by atoms with E-state index in [0.29, 0.717) is 6.54 Å². The second-order valence-electron chi connectivity index (χ2n) is 5.46. The van der Waals surface area contributed by atoms with E-state index in [0.717, 1.165) is 11.4 Å². The molecule has 0 aliphatic rings. The van der Waals surface area contributed by atoms with Crippen molar-refractivity contribution >= 4 is 11.7 Å². The van der Waals surface area contributed by atoms with Crippen LogP contribution in [0.15, 0.2) is 24.3 Å². The largest absolute Gasteiger partial charge is 0.495 e. The summed E-state index contributed by atoms with van der Waals surface area (Å²) in [6.07, 6.45) is 0. The summed E-state index contributed by atoms with van der Waals surface area (Å²) in [6.45, 7) is 5.90. The van der Waals surface area contributed by atoms with Crippen molar-refractivity contribution < 1.29 is 14.6 Å². The van der Waals surface area contributed by atoms with Crippen molar-refractivity contribution in [2.24, 2.45) is 0 Å². The van der Waals surface area contributed by atoms with Crippen LogP contribution >= 0.6 is 0 Å². The minimum Gasteiger partial charge on any atom is -0.495 e. The Hall–Kier alpha value is -1.75. The van der Waals surface area contributed by atoms with E-state index in [1.54, 1.807) is 14.0 Å². The van der Waals surface area contributed by atoms with Crippen LogP contribution in [-0.4, -0.2) is 43.4 Å². The maximum atomic E-state index is 11.6. The number of anilines is 1. The molecule has 2 N–H and O–H groups in total. The molecule has 1 aromatic rings. The van der Waals surface area contributed by atoms with E-state index in [1.807, 2.05) is 50.1 Å². The summed E-state index contributed by atoms with van der Waals surface area (Å²) < 4.78 is 5.31. The van der Waals surface area contributed by atoms with E-state index in [1.165, 1.54) is 0 Å². The molecule has 0 spiro atoms. The van der Waals surface area contributed by atoms with Gasteiger partial charge in [0.1, 0.15) is 11.3 Å². The van der Waals surface area contributed by atoms with Gasteiger partial charge in [0.15, 0.2) is 0 Å². The Labute approximate surface area is 120 Å². The maximum Gasteiger partial charge on any atom is 0.325 e. The van der Waals surface area contributed by atoms with Gasteiger partial charge in [0, 0.05) is 19.6 Å². The predicted octanol–water partition coefficient (Wildman–Crippen LogP) is 1.97. The predicted molar refractivity (Wildman–Crippen MR) is 80.6 cm³/mol. The first kappa shape index (κ1) is 16.3. The van der Waals surface area contributed by atoms with E-state index >= 15 is 0 Å². The third kappa shape index (κ3) is 3.87. The number of carbonyl (C=O) groups is 1. The first-order chi connectivity index (χ1) is 9.30. The van der Waals surface area contributed by atoms with Crippen LogP contribution in [0.25, 0.3) is 0 Å². The monoisotopic (exact) mass is 280 g/mol. The Bertz CT molecular complexity index is 462. The van der Waals surface area contributed by atoms with E-state index in [9.17, 15) is 9.90 Å². The number of para-hydroxylation sites is 2. The molecular formula is C15H24N2O3. The first-order valence-corrected chi connectivity index (χ1v) is 6.65. The topological polar surface area (TPSA) is 61.8 Å².